The first kappa shape index (κ1) is 22.6. The number of carbonyl (C=O) groups excluding carboxylic acids is 2. The Labute approximate surface area is 181 Å². The van der Waals surface area contributed by atoms with Crippen molar-refractivity contribution in [2.75, 3.05) is 37.5 Å². The second-order valence-corrected chi connectivity index (χ2v) is 9.66. The summed E-state index contributed by atoms with van der Waals surface area (Å²) in [6, 6.07) is 2.78. The second kappa shape index (κ2) is 8.95. The zero-order chi connectivity index (χ0) is 22.8. The molecule has 1 saturated heterocycles. The van der Waals surface area contributed by atoms with Gasteiger partial charge in [-0.25, -0.2) is 13.4 Å². The Kier molecular flexibility index (Phi) is 6.52. The molecule has 0 bridgehead atoms. The molecular formula is C17H19N5O7S2. The Morgan fingerprint density at radius 1 is 1.19 bits per heavy atom. The number of anilines is 1. The minimum atomic E-state index is -3.79. The smallest absolute Gasteiger partial charge is 0.281 e. The number of nitrogens with zero attached hydrogens (tertiary/aromatic N) is 3. The Hall–Kier alpha value is -3.10. The van der Waals surface area contributed by atoms with Gasteiger partial charge in [-0.1, -0.05) is 11.3 Å². The Morgan fingerprint density at radius 2 is 1.84 bits per heavy atom. The quantitative estimate of drug-likeness (QED) is 0.474. The molecule has 1 aromatic carbocycles. The van der Waals surface area contributed by atoms with Gasteiger partial charge in [0.1, 0.15) is 4.88 Å². The van der Waals surface area contributed by atoms with E-state index in [0.29, 0.717) is 37.1 Å². The van der Waals surface area contributed by atoms with E-state index in [1.807, 2.05) is 4.90 Å². The van der Waals surface area contributed by atoms with Crippen LogP contribution in [0.15, 0.2) is 23.1 Å². The molecule has 2 aromatic rings. The number of hydrogen-bond acceptors (Lipinski definition) is 10. The van der Waals surface area contributed by atoms with Crippen LogP contribution in [0.3, 0.4) is 0 Å². The number of aromatic nitrogens is 1. The molecule has 0 unspecified atom stereocenters. The summed E-state index contributed by atoms with van der Waals surface area (Å²) in [7, 11) is -3.79. The summed E-state index contributed by atoms with van der Waals surface area (Å²) < 4.78 is 28.8. The highest BCUT2D eigenvalue weighted by Crippen LogP contribution is 2.26. The molecule has 2 N–H and O–H groups in total. The number of nitro groups is 1. The van der Waals surface area contributed by atoms with E-state index in [0.717, 1.165) is 35.8 Å². The maximum atomic E-state index is 12.5. The van der Waals surface area contributed by atoms with Gasteiger partial charge in [-0.15, -0.1) is 0 Å². The van der Waals surface area contributed by atoms with Gasteiger partial charge in [-0.3, -0.25) is 30.6 Å². The fourth-order valence-corrected chi connectivity index (χ4v) is 4.45. The first-order valence-corrected chi connectivity index (χ1v) is 11.7. The van der Waals surface area contributed by atoms with E-state index >= 15 is 0 Å². The van der Waals surface area contributed by atoms with Crippen molar-refractivity contribution in [1.29, 1.82) is 0 Å². The molecule has 2 heterocycles. The van der Waals surface area contributed by atoms with E-state index in [1.165, 1.54) is 0 Å². The maximum Gasteiger partial charge on any atom is 0.281 e. The highest BCUT2D eigenvalue weighted by molar-refractivity contribution is 7.90. The molecule has 0 spiro atoms. The van der Waals surface area contributed by atoms with Crippen molar-refractivity contribution >= 4 is 43.8 Å². The number of amides is 2. The summed E-state index contributed by atoms with van der Waals surface area (Å²) in [6.07, 6.45) is 0.869. The third-order valence-corrected chi connectivity index (χ3v) is 6.66. The molecule has 31 heavy (non-hydrogen) atoms. The average Bonchev–Trinajstić information content (AvgIpc) is 3.13. The van der Waals surface area contributed by atoms with Gasteiger partial charge in [0.05, 0.1) is 28.7 Å². The van der Waals surface area contributed by atoms with Crippen molar-refractivity contribution < 1.29 is 27.7 Å². The maximum absolute atomic E-state index is 12.5. The van der Waals surface area contributed by atoms with Gasteiger partial charge in [0, 0.05) is 37.0 Å². The van der Waals surface area contributed by atoms with Gasteiger partial charge in [0.2, 0.25) is 0 Å². The van der Waals surface area contributed by atoms with Crippen LogP contribution in [-0.4, -0.2) is 62.7 Å². The molecule has 1 aromatic heterocycles. The second-order valence-electron chi connectivity index (χ2n) is 6.66. The summed E-state index contributed by atoms with van der Waals surface area (Å²) in [5.74, 6) is -1.52. The van der Waals surface area contributed by atoms with E-state index in [4.69, 9.17) is 4.74 Å². The lowest BCUT2D eigenvalue weighted by Gasteiger charge is -2.25. The average molecular weight is 470 g/mol. The largest absolute Gasteiger partial charge is 0.378 e. The summed E-state index contributed by atoms with van der Waals surface area (Å²) in [4.78, 5) is 41.4. The van der Waals surface area contributed by atoms with Crippen molar-refractivity contribution in [3.8, 4) is 0 Å². The molecule has 3 rings (SSSR count). The zero-order valence-electron chi connectivity index (χ0n) is 16.6. The summed E-state index contributed by atoms with van der Waals surface area (Å²) in [6.45, 7) is 4.10. The molecule has 0 radical (unpaired) electrons. The summed E-state index contributed by atoms with van der Waals surface area (Å²) in [5, 5.41) is 11.7. The molecule has 0 atom stereocenters. The Bertz CT molecular complexity index is 1140. The molecular weight excluding hydrogens is 450 g/mol. The van der Waals surface area contributed by atoms with E-state index in [9.17, 15) is 28.1 Å². The number of carbonyl (C=O) groups is 2. The lowest BCUT2D eigenvalue weighted by atomic mass is 10.2. The monoisotopic (exact) mass is 469 g/mol. The van der Waals surface area contributed by atoms with Crippen LogP contribution in [0.1, 0.15) is 25.7 Å². The lowest BCUT2D eigenvalue weighted by Crippen LogP contribution is -2.41. The number of benzene rings is 1. The summed E-state index contributed by atoms with van der Waals surface area (Å²) >= 11 is 1.16. The fourth-order valence-electron chi connectivity index (χ4n) is 2.76. The third-order valence-electron chi connectivity index (χ3n) is 4.36. The number of aryl methyl sites for hydroxylation is 1. The topological polar surface area (TPSA) is 161 Å². The first-order valence-electron chi connectivity index (χ1n) is 8.96. The number of thiazole rings is 1. The highest BCUT2D eigenvalue weighted by atomic mass is 32.2. The normalized spacial score (nSPS) is 14.2. The van der Waals surface area contributed by atoms with Crippen LogP contribution in [0.25, 0.3) is 0 Å². The SMILES string of the molecule is Cc1nc(N2CCOCC2)sc1C(=O)NNC(=O)c1cc([N+](=O)[O-])cc(S(C)(=O)=O)c1. The molecule has 12 nitrogen and oxygen atoms in total. The standard InChI is InChI=1S/C17H19N5O7S2/c1-10-14(30-17(18-10)21-3-5-29-6-4-21)16(24)20-19-15(23)11-7-12(22(25)26)9-13(8-11)31(2,27)28/h7-9H,3-6H2,1-2H3,(H,19,23)(H,20,24). The van der Waals surface area contributed by atoms with Crippen LogP contribution < -0.4 is 15.8 Å². The van der Waals surface area contributed by atoms with Gasteiger partial charge in [-0.05, 0) is 13.0 Å². The van der Waals surface area contributed by atoms with Gasteiger partial charge in [-0.2, -0.15) is 0 Å². The molecule has 1 aliphatic rings. The van der Waals surface area contributed by atoms with Crippen LogP contribution in [0.4, 0.5) is 10.8 Å². The minimum absolute atomic E-state index is 0.287. The predicted molar refractivity (Wildman–Crippen MR) is 111 cm³/mol. The number of hydrogen-bond donors (Lipinski definition) is 2. The van der Waals surface area contributed by atoms with Crippen molar-refractivity contribution in [1.82, 2.24) is 15.8 Å². The van der Waals surface area contributed by atoms with Crippen LogP contribution in [0, 0.1) is 17.0 Å². The molecule has 2 amide bonds. The van der Waals surface area contributed by atoms with Gasteiger partial charge in [0.25, 0.3) is 17.5 Å². The number of non-ortho nitro benzene ring substituents is 1. The van der Waals surface area contributed by atoms with Crippen LogP contribution >= 0.6 is 11.3 Å². The van der Waals surface area contributed by atoms with Crippen LogP contribution in [0.5, 0.6) is 0 Å². The van der Waals surface area contributed by atoms with E-state index in [-0.39, 0.29) is 15.3 Å². The van der Waals surface area contributed by atoms with Crippen molar-refractivity contribution in [3.63, 3.8) is 0 Å². The van der Waals surface area contributed by atoms with Crippen LogP contribution in [0.2, 0.25) is 0 Å². The highest BCUT2D eigenvalue weighted by Gasteiger charge is 2.22. The van der Waals surface area contributed by atoms with Crippen LogP contribution in [-0.2, 0) is 14.6 Å². The third kappa shape index (κ3) is 5.34. The van der Waals surface area contributed by atoms with Crippen molar-refractivity contribution in [2.24, 2.45) is 0 Å². The Balaban J connectivity index is 1.73. The first-order chi connectivity index (χ1) is 14.6. The molecule has 0 aliphatic carbocycles. The number of ether oxygens (including phenoxy) is 1. The number of rotatable bonds is 5. The number of nitrogens with one attached hydrogen (secondary N) is 2. The lowest BCUT2D eigenvalue weighted by molar-refractivity contribution is -0.385. The van der Waals surface area contributed by atoms with E-state index in [2.05, 4.69) is 15.8 Å². The summed E-state index contributed by atoms with van der Waals surface area (Å²) in [5.41, 5.74) is 4.01. The Morgan fingerprint density at radius 3 is 2.45 bits per heavy atom. The fraction of sp³-hybridized carbons (Fsp3) is 0.353. The molecule has 166 valence electrons. The number of hydrazine groups is 1. The van der Waals surface area contributed by atoms with E-state index in [1.54, 1.807) is 6.92 Å². The zero-order valence-corrected chi connectivity index (χ0v) is 18.2. The number of nitro benzene ring substituents is 1. The molecule has 1 aliphatic heterocycles. The predicted octanol–water partition coefficient (Wildman–Crippen LogP) is 0.675. The van der Waals surface area contributed by atoms with Gasteiger partial charge >= 0.3 is 0 Å². The van der Waals surface area contributed by atoms with E-state index < -0.39 is 32.3 Å². The molecule has 0 saturated carbocycles. The number of sulfone groups is 1. The van der Waals surface area contributed by atoms with Crippen molar-refractivity contribution in [3.05, 3.63) is 44.4 Å². The molecule has 1 fully saturated rings. The van der Waals surface area contributed by atoms with Gasteiger partial charge < -0.3 is 9.64 Å². The number of morpholine rings is 1. The van der Waals surface area contributed by atoms with Crippen molar-refractivity contribution in [2.45, 2.75) is 11.8 Å². The van der Waals surface area contributed by atoms with Gasteiger partial charge in [0.15, 0.2) is 15.0 Å². The minimum Gasteiger partial charge on any atom is -0.378 e. The molecule has 14 heteroatoms.